The van der Waals surface area contributed by atoms with Crippen molar-refractivity contribution in [2.45, 2.75) is 46.1 Å². The van der Waals surface area contributed by atoms with Crippen LogP contribution in [0.2, 0.25) is 0 Å². The van der Waals surface area contributed by atoms with E-state index >= 15 is 0 Å². The summed E-state index contributed by atoms with van der Waals surface area (Å²) in [6.07, 6.45) is 8.97. The second-order valence-electron chi connectivity index (χ2n) is 7.84. The molecule has 3 atom stereocenters. The molecular weight excluding hydrogens is 282 g/mol. The molecule has 3 unspecified atom stereocenters. The van der Waals surface area contributed by atoms with Crippen molar-refractivity contribution in [2.75, 3.05) is 0 Å². The Labute approximate surface area is 140 Å². The molecule has 1 aromatic rings. The van der Waals surface area contributed by atoms with Gasteiger partial charge in [0.1, 0.15) is 0 Å². The maximum absolute atomic E-state index is 10.5. The summed E-state index contributed by atoms with van der Waals surface area (Å²) in [5.41, 5.74) is 9.42. The first kappa shape index (κ1) is 16.3. The van der Waals surface area contributed by atoms with Gasteiger partial charge in [0.05, 0.1) is 5.76 Å². The average molecular weight is 311 g/mol. The Morgan fingerprint density at radius 1 is 1.22 bits per heavy atom. The molecule has 124 valence electrons. The highest BCUT2D eigenvalue weighted by molar-refractivity contribution is 5.33. The minimum atomic E-state index is 0.0876. The number of aliphatic hydroxyl groups excluding tert-OH is 1. The standard InChI is InChI=1S/C21H29NO/c1-4-5-10-19(23)20-17(13-18(20)22)21(2,3)16-11-14-8-6-7-9-15(14)12-16/h4-10,16-18,20,23H,11-13,22H2,1-3H3/b5-4-,19-10+. The Morgan fingerprint density at radius 2 is 1.83 bits per heavy atom. The van der Waals surface area contributed by atoms with E-state index in [1.54, 1.807) is 0 Å². The van der Waals surface area contributed by atoms with E-state index in [0.717, 1.165) is 19.3 Å². The molecule has 0 aliphatic heterocycles. The molecule has 23 heavy (non-hydrogen) atoms. The smallest absolute Gasteiger partial charge is 0.0971 e. The maximum Gasteiger partial charge on any atom is 0.0971 e. The minimum absolute atomic E-state index is 0.0876. The first-order valence-electron chi connectivity index (χ1n) is 8.79. The van der Waals surface area contributed by atoms with Crippen LogP contribution in [-0.4, -0.2) is 11.1 Å². The molecule has 0 radical (unpaired) electrons. The topological polar surface area (TPSA) is 46.2 Å². The van der Waals surface area contributed by atoms with E-state index in [1.807, 2.05) is 25.2 Å². The molecule has 1 fully saturated rings. The van der Waals surface area contributed by atoms with Gasteiger partial charge in [0.2, 0.25) is 0 Å². The third-order valence-electron chi connectivity index (χ3n) is 6.28. The van der Waals surface area contributed by atoms with Crippen molar-refractivity contribution in [3.05, 3.63) is 59.4 Å². The molecular formula is C21H29NO. The molecule has 0 amide bonds. The number of nitrogens with two attached hydrogens (primary N) is 1. The van der Waals surface area contributed by atoms with Crippen LogP contribution in [0, 0.1) is 23.2 Å². The number of hydrogen-bond donors (Lipinski definition) is 2. The molecule has 0 bridgehead atoms. The van der Waals surface area contributed by atoms with Gasteiger partial charge < -0.3 is 10.8 Å². The Hall–Kier alpha value is -1.54. The van der Waals surface area contributed by atoms with Crippen LogP contribution in [0.25, 0.3) is 0 Å². The second-order valence-corrected chi connectivity index (χ2v) is 7.84. The van der Waals surface area contributed by atoms with Crippen molar-refractivity contribution < 1.29 is 5.11 Å². The molecule has 0 aromatic heterocycles. The van der Waals surface area contributed by atoms with Crippen LogP contribution >= 0.6 is 0 Å². The summed E-state index contributed by atoms with van der Waals surface area (Å²) in [7, 11) is 0. The van der Waals surface area contributed by atoms with Gasteiger partial charge in [-0.3, -0.25) is 0 Å². The molecule has 0 heterocycles. The first-order valence-corrected chi connectivity index (χ1v) is 8.79. The number of allylic oxidation sites excluding steroid dienone is 3. The van der Waals surface area contributed by atoms with E-state index in [2.05, 4.69) is 38.1 Å². The quantitative estimate of drug-likeness (QED) is 0.639. The fourth-order valence-corrected chi connectivity index (χ4v) is 4.57. The molecule has 2 nitrogen and oxygen atoms in total. The summed E-state index contributed by atoms with van der Waals surface area (Å²) < 4.78 is 0. The number of benzene rings is 1. The SMILES string of the molecule is C/C=C\C=C(\O)C1C(N)CC1C(C)(C)C1Cc2ccccc2C1. The van der Waals surface area contributed by atoms with E-state index in [-0.39, 0.29) is 17.4 Å². The van der Waals surface area contributed by atoms with Gasteiger partial charge in [-0.2, -0.15) is 0 Å². The fraction of sp³-hybridized carbons (Fsp3) is 0.524. The highest BCUT2D eigenvalue weighted by Gasteiger charge is 2.52. The molecule has 2 aliphatic rings. The van der Waals surface area contributed by atoms with Crippen molar-refractivity contribution in [3.63, 3.8) is 0 Å². The van der Waals surface area contributed by atoms with Gasteiger partial charge in [-0.1, -0.05) is 50.3 Å². The van der Waals surface area contributed by atoms with Gasteiger partial charge in [0.25, 0.3) is 0 Å². The van der Waals surface area contributed by atoms with Crippen LogP contribution in [0.5, 0.6) is 0 Å². The summed E-state index contributed by atoms with van der Waals surface area (Å²) in [4.78, 5) is 0. The number of hydrogen-bond acceptors (Lipinski definition) is 2. The Bertz CT molecular complexity index is 603. The normalized spacial score (nSPS) is 28.9. The molecule has 3 N–H and O–H groups in total. The van der Waals surface area contributed by atoms with E-state index in [0.29, 0.717) is 17.6 Å². The lowest BCUT2D eigenvalue weighted by Gasteiger charge is -2.53. The molecule has 1 aromatic carbocycles. The lowest BCUT2D eigenvalue weighted by Crippen LogP contribution is -2.55. The Kier molecular flexibility index (Phi) is 4.37. The van der Waals surface area contributed by atoms with Crippen LogP contribution in [-0.2, 0) is 12.8 Å². The summed E-state index contributed by atoms with van der Waals surface area (Å²) in [5.74, 6) is 1.65. The van der Waals surface area contributed by atoms with Gasteiger partial charge in [0, 0.05) is 12.0 Å². The van der Waals surface area contributed by atoms with E-state index in [9.17, 15) is 5.11 Å². The molecule has 1 saturated carbocycles. The van der Waals surface area contributed by atoms with Gasteiger partial charge in [-0.15, -0.1) is 0 Å². The fourth-order valence-electron chi connectivity index (χ4n) is 4.57. The average Bonchev–Trinajstić information content (AvgIpc) is 2.95. The molecule has 3 rings (SSSR count). The van der Waals surface area contributed by atoms with Gasteiger partial charge in [0.15, 0.2) is 0 Å². The van der Waals surface area contributed by atoms with Crippen molar-refractivity contribution in [2.24, 2.45) is 28.9 Å². The maximum atomic E-state index is 10.5. The number of rotatable bonds is 4. The summed E-state index contributed by atoms with van der Waals surface area (Å²) in [6, 6.07) is 8.89. The van der Waals surface area contributed by atoms with E-state index < -0.39 is 0 Å². The van der Waals surface area contributed by atoms with Crippen LogP contribution in [0.3, 0.4) is 0 Å². The molecule has 2 aliphatic carbocycles. The third-order valence-corrected chi connectivity index (χ3v) is 6.28. The zero-order valence-electron chi connectivity index (χ0n) is 14.5. The molecule has 2 heteroatoms. The van der Waals surface area contributed by atoms with Gasteiger partial charge >= 0.3 is 0 Å². The minimum Gasteiger partial charge on any atom is -0.512 e. The van der Waals surface area contributed by atoms with Gasteiger partial charge in [-0.05, 0) is 60.6 Å². The monoisotopic (exact) mass is 311 g/mol. The predicted octanol–water partition coefficient (Wildman–Crippen LogP) is 4.41. The van der Waals surface area contributed by atoms with Crippen molar-refractivity contribution >= 4 is 0 Å². The zero-order valence-corrected chi connectivity index (χ0v) is 14.5. The van der Waals surface area contributed by atoms with E-state index in [1.165, 1.54) is 11.1 Å². The highest BCUT2D eigenvalue weighted by Crippen LogP contribution is 2.54. The van der Waals surface area contributed by atoms with Crippen molar-refractivity contribution in [1.82, 2.24) is 0 Å². The number of fused-ring (bicyclic) bond motifs is 1. The summed E-state index contributed by atoms with van der Waals surface area (Å²) >= 11 is 0. The van der Waals surface area contributed by atoms with Crippen LogP contribution in [0.1, 0.15) is 38.3 Å². The zero-order chi connectivity index (χ0) is 16.6. The van der Waals surface area contributed by atoms with Crippen LogP contribution in [0.15, 0.2) is 48.3 Å². The van der Waals surface area contributed by atoms with Crippen molar-refractivity contribution in [3.8, 4) is 0 Å². The highest BCUT2D eigenvalue weighted by atomic mass is 16.3. The summed E-state index contributed by atoms with van der Waals surface area (Å²) in [6.45, 7) is 6.70. The van der Waals surface area contributed by atoms with Crippen LogP contribution < -0.4 is 5.73 Å². The largest absolute Gasteiger partial charge is 0.512 e. The lowest BCUT2D eigenvalue weighted by molar-refractivity contribution is -0.0163. The molecule has 0 saturated heterocycles. The van der Waals surface area contributed by atoms with Crippen LogP contribution in [0.4, 0.5) is 0 Å². The Morgan fingerprint density at radius 3 is 2.35 bits per heavy atom. The van der Waals surface area contributed by atoms with Crippen molar-refractivity contribution in [1.29, 1.82) is 0 Å². The lowest BCUT2D eigenvalue weighted by atomic mass is 9.53. The number of aliphatic hydroxyl groups is 1. The Balaban J connectivity index is 1.78. The molecule has 0 spiro atoms. The first-order chi connectivity index (χ1) is 10.9. The van der Waals surface area contributed by atoms with E-state index in [4.69, 9.17) is 5.73 Å². The summed E-state index contributed by atoms with van der Waals surface area (Å²) in [5, 5.41) is 10.5. The predicted molar refractivity (Wildman–Crippen MR) is 96.2 cm³/mol. The second kappa shape index (κ2) is 6.16. The van der Waals surface area contributed by atoms with Gasteiger partial charge in [-0.25, -0.2) is 0 Å². The third kappa shape index (κ3) is 2.85.